The normalized spacial score (nSPS) is 25.6. The number of rotatable bonds is 5. The molecular formula is C20H29N5O. The minimum Gasteiger partial charge on any atom is -0.459 e. The van der Waals surface area contributed by atoms with Crippen LogP contribution >= 0.6 is 0 Å². The molecule has 0 spiro atoms. The van der Waals surface area contributed by atoms with Crippen LogP contribution in [-0.4, -0.2) is 79.6 Å². The Morgan fingerprint density at radius 1 is 1.27 bits per heavy atom. The van der Waals surface area contributed by atoms with Crippen LogP contribution in [-0.2, 0) is 6.54 Å². The van der Waals surface area contributed by atoms with Crippen molar-refractivity contribution < 1.29 is 4.42 Å². The molecule has 26 heavy (non-hydrogen) atoms. The van der Waals surface area contributed by atoms with Crippen LogP contribution in [0.5, 0.6) is 0 Å². The van der Waals surface area contributed by atoms with E-state index in [0.717, 1.165) is 42.3 Å². The summed E-state index contributed by atoms with van der Waals surface area (Å²) in [4.78, 5) is 12.2. The van der Waals surface area contributed by atoms with Crippen molar-refractivity contribution in [1.82, 2.24) is 20.0 Å². The van der Waals surface area contributed by atoms with Gasteiger partial charge >= 0.3 is 0 Å². The van der Waals surface area contributed by atoms with Gasteiger partial charge in [-0.05, 0) is 19.1 Å². The van der Waals surface area contributed by atoms with Crippen molar-refractivity contribution in [1.29, 1.82) is 0 Å². The molecule has 3 saturated heterocycles. The van der Waals surface area contributed by atoms with Gasteiger partial charge in [0.15, 0.2) is 5.96 Å². The van der Waals surface area contributed by atoms with Gasteiger partial charge in [-0.15, -0.1) is 0 Å². The first-order chi connectivity index (χ1) is 12.7. The van der Waals surface area contributed by atoms with Gasteiger partial charge in [-0.3, -0.25) is 14.8 Å². The van der Waals surface area contributed by atoms with Gasteiger partial charge in [-0.1, -0.05) is 18.2 Å². The monoisotopic (exact) mass is 355 g/mol. The second kappa shape index (κ2) is 7.68. The number of nitrogens with zero attached hydrogens (tertiary/aromatic N) is 4. The van der Waals surface area contributed by atoms with Crippen molar-refractivity contribution in [3.05, 3.63) is 36.1 Å². The molecule has 0 saturated carbocycles. The van der Waals surface area contributed by atoms with Gasteiger partial charge in [0.25, 0.3) is 0 Å². The van der Waals surface area contributed by atoms with Crippen molar-refractivity contribution in [3.8, 4) is 0 Å². The lowest BCUT2D eigenvalue weighted by Crippen LogP contribution is -2.62. The minimum atomic E-state index is 0.547. The SMILES string of the molecule is CCNC(=NCC1CN2CCN1CC2)N(C)Cc1cc2ccccc2o1. The lowest BCUT2D eigenvalue weighted by molar-refractivity contribution is 0.0173. The Balaban J connectivity index is 1.42. The average Bonchev–Trinajstić information content (AvgIpc) is 3.08. The highest BCUT2D eigenvalue weighted by atomic mass is 16.3. The highest BCUT2D eigenvalue weighted by Crippen LogP contribution is 2.20. The standard InChI is InChI=1S/C20H29N5O/c1-3-21-20(22-13-17-14-24-8-10-25(17)11-9-24)23(2)15-18-12-16-6-4-5-7-19(16)26-18/h4-7,12,17H,3,8-11,13-15H2,1-2H3,(H,21,22). The van der Waals surface area contributed by atoms with E-state index in [2.05, 4.69) is 46.1 Å². The summed E-state index contributed by atoms with van der Waals surface area (Å²) in [5.74, 6) is 1.91. The van der Waals surface area contributed by atoms with E-state index in [1.807, 2.05) is 18.2 Å². The Morgan fingerprint density at radius 2 is 2.08 bits per heavy atom. The van der Waals surface area contributed by atoms with E-state index in [9.17, 15) is 0 Å². The average molecular weight is 355 g/mol. The quantitative estimate of drug-likeness (QED) is 0.655. The molecule has 1 atom stereocenters. The van der Waals surface area contributed by atoms with E-state index >= 15 is 0 Å². The molecule has 2 aromatic rings. The maximum absolute atomic E-state index is 5.96. The van der Waals surface area contributed by atoms with E-state index in [-0.39, 0.29) is 0 Å². The second-order valence-electron chi connectivity index (χ2n) is 7.29. The molecule has 4 heterocycles. The number of aliphatic imine (C=N–C) groups is 1. The number of para-hydroxylation sites is 1. The number of hydrogen-bond donors (Lipinski definition) is 1. The number of benzene rings is 1. The molecule has 1 unspecified atom stereocenters. The molecule has 5 rings (SSSR count). The number of fused-ring (bicyclic) bond motifs is 4. The van der Waals surface area contributed by atoms with E-state index < -0.39 is 0 Å². The summed E-state index contributed by atoms with van der Waals surface area (Å²) in [5.41, 5.74) is 0.943. The minimum absolute atomic E-state index is 0.547. The van der Waals surface area contributed by atoms with Crippen molar-refractivity contribution >= 4 is 16.9 Å². The summed E-state index contributed by atoms with van der Waals surface area (Å²) in [6.07, 6.45) is 0. The summed E-state index contributed by atoms with van der Waals surface area (Å²) in [6, 6.07) is 10.8. The molecule has 2 bridgehead atoms. The Bertz CT molecular complexity index is 729. The summed E-state index contributed by atoms with van der Waals surface area (Å²) in [5, 5.41) is 4.57. The van der Waals surface area contributed by atoms with Crippen LogP contribution < -0.4 is 5.32 Å². The van der Waals surface area contributed by atoms with Gasteiger partial charge in [-0.25, -0.2) is 0 Å². The van der Waals surface area contributed by atoms with Crippen LogP contribution in [0.4, 0.5) is 0 Å². The fourth-order valence-corrected chi connectivity index (χ4v) is 3.98. The van der Waals surface area contributed by atoms with Crippen LogP contribution in [0.3, 0.4) is 0 Å². The van der Waals surface area contributed by atoms with Crippen LogP contribution in [0, 0.1) is 0 Å². The fourth-order valence-electron chi connectivity index (χ4n) is 3.98. The van der Waals surface area contributed by atoms with Crippen molar-refractivity contribution in [2.75, 3.05) is 52.9 Å². The zero-order valence-electron chi connectivity index (χ0n) is 15.8. The van der Waals surface area contributed by atoms with E-state index in [1.54, 1.807) is 0 Å². The van der Waals surface area contributed by atoms with Crippen LogP contribution in [0.25, 0.3) is 11.0 Å². The molecule has 1 aromatic carbocycles. The molecule has 6 heteroatoms. The molecule has 0 amide bonds. The largest absolute Gasteiger partial charge is 0.459 e. The Labute approximate surface area is 155 Å². The highest BCUT2D eigenvalue weighted by molar-refractivity contribution is 5.80. The van der Waals surface area contributed by atoms with Crippen LogP contribution in [0.15, 0.2) is 39.7 Å². The molecular weight excluding hydrogens is 326 g/mol. The first kappa shape index (κ1) is 17.4. The number of hydrogen-bond acceptors (Lipinski definition) is 4. The number of guanidine groups is 1. The predicted octanol–water partition coefficient (Wildman–Crippen LogP) is 1.83. The molecule has 0 aliphatic carbocycles. The summed E-state index contributed by atoms with van der Waals surface area (Å²) < 4.78 is 5.96. The Kier molecular flexibility index (Phi) is 5.13. The second-order valence-corrected chi connectivity index (χ2v) is 7.29. The van der Waals surface area contributed by atoms with Gasteiger partial charge in [-0.2, -0.15) is 0 Å². The Morgan fingerprint density at radius 3 is 2.77 bits per heavy atom. The maximum Gasteiger partial charge on any atom is 0.194 e. The molecule has 3 fully saturated rings. The predicted molar refractivity (Wildman–Crippen MR) is 105 cm³/mol. The highest BCUT2D eigenvalue weighted by Gasteiger charge is 2.31. The van der Waals surface area contributed by atoms with Gasteiger partial charge in [0.2, 0.25) is 0 Å². The molecule has 6 nitrogen and oxygen atoms in total. The summed E-state index contributed by atoms with van der Waals surface area (Å²) >= 11 is 0. The summed E-state index contributed by atoms with van der Waals surface area (Å²) in [6.45, 7) is 10.5. The number of furan rings is 1. The third kappa shape index (κ3) is 3.71. The fraction of sp³-hybridized carbons (Fsp3) is 0.550. The smallest absolute Gasteiger partial charge is 0.194 e. The van der Waals surface area contributed by atoms with Crippen LogP contribution in [0.2, 0.25) is 0 Å². The Hall–Kier alpha value is -2.05. The van der Waals surface area contributed by atoms with Gasteiger partial charge in [0, 0.05) is 57.7 Å². The maximum atomic E-state index is 5.96. The molecule has 140 valence electrons. The van der Waals surface area contributed by atoms with Crippen LogP contribution in [0.1, 0.15) is 12.7 Å². The van der Waals surface area contributed by atoms with Crippen molar-refractivity contribution in [2.24, 2.45) is 4.99 Å². The third-order valence-corrected chi connectivity index (χ3v) is 5.41. The molecule has 3 aliphatic heterocycles. The first-order valence-electron chi connectivity index (χ1n) is 9.66. The third-order valence-electron chi connectivity index (χ3n) is 5.41. The van der Waals surface area contributed by atoms with Crippen molar-refractivity contribution in [2.45, 2.75) is 19.5 Å². The zero-order chi connectivity index (χ0) is 17.9. The van der Waals surface area contributed by atoms with Gasteiger partial charge in [0.05, 0.1) is 13.1 Å². The van der Waals surface area contributed by atoms with Gasteiger partial charge in [0.1, 0.15) is 11.3 Å². The first-order valence-corrected chi connectivity index (χ1v) is 9.66. The lowest BCUT2D eigenvalue weighted by atomic mass is 10.1. The van der Waals surface area contributed by atoms with E-state index in [4.69, 9.17) is 9.41 Å². The lowest BCUT2D eigenvalue weighted by Gasteiger charge is -2.47. The van der Waals surface area contributed by atoms with Gasteiger partial charge < -0.3 is 14.6 Å². The molecule has 3 aliphatic rings. The molecule has 0 radical (unpaired) electrons. The van der Waals surface area contributed by atoms with E-state index in [1.165, 1.54) is 26.2 Å². The topological polar surface area (TPSA) is 47.3 Å². The van der Waals surface area contributed by atoms with Crippen molar-refractivity contribution in [3.63, 3.8) is 0 Å². The number of nitrogens with one attached hydrogen (secondary N) is 1. The molecule has 1 aromatic heterocycles. The summed E-state index contributed by atoms with van der Waals surface area (Å²) in [7, 11) is 2.07. The zero-order valence-corrected chi connectivity index (χ0v) is 15.8. The van der Waals surface area contributed by atoms with E-state index in [0.29, 0.717) is 12.6 Å². The number of piperazine rings is 3. The molecule has 1 N–H and O–H groups in total.